The van der Waals surface area contributed by atoms with E-state index in [4.69, 9.17) is 0 Å². The van der Waals surface area contributed by atoms with E-state index in [2.05, 4.69) is 5.32 Å². The van der Waals surface area contributed by atoms with E-state index in [1.807, 2.05) is 47.4 Å². The summed E-state index contributed by atoms with van der Waals surface area (Å²) >= 11 is 0. The Morgan fingerprint density at radius 2 is 1.45 bits per heavy atom. The molecular formula is C24H31N3O3S. The summed E-state index contributed by atoms with van der Waals surface area (Å²) in [5, 5.41) is 3.40. The van der Waals surface area contributed by atoms with E-state index in [1.165, 1.54) is 0 Å². The van der Waals surface area contributed by atoms with Gasteiger partial charge in [0.25, 0.3) is 0 Å². The van der Waals surface area contributed by atoms with Gasteiger partial charge in [-0.1, -0.05) is 48.9 Å². The molecule has 0 aromatic heterocycles. The van der Waals surface area contributed by atoms with Crippen LogP contribution in [0.15, 0.2) is 59.5 Å². The Hall–Kier alpha value is -2.22. The van der Waals surface area contributed by atoms with Gasteiger partial charge in [-0.25, -0.2) is 8.42 Å². The van der Waals surface area contributed by atoms with E-state index >= 15 is 0 Å². The number of nitrogens with one attached hydrogen (secondary N) is 1. The summed E-state index contributed by atoms with van der Waals surface area (Å²) in [6, 6.07) is 16.4. The summed E-state index contributed by atoms with van der Waals surface area (Å²) in [5.41, 5.74) is 1.90. The van der Waals surface area contributed by atoms with E-state index in [0.29, 0.717) is 24.5 Å². The average molecular weight is 442 g/mol. The van der Waals surface area contributed by atoms with Crippen molar-refractivity contribution in [2.24, 2.45) is 0 Å². The monoisotopic (exact) mass is 441 g/mol. The molecule has 31 heavy (non-hydrogen) atoms. The van der Waals surface area contributed by atoms with Gasteiger partial charge in [-0.05, 0) is 48.9 Å². The minimum absolute atomic E-state index is 0.105. The molecule has 6 nitrogen and oxygen atoms in total. The molecule has 2 heterocycles. The number of hydrogen-bond donors (Lipinski definition) is 1. The zero-order valence-electron chi connectivity index (χ0n) is 17.9. The van der Waals surface area contributed by atoms with Gasteiger partial charge in [0.05, 0.1) is 4.90 Å². The van der Waals surface area contributed by atoms with Crippen molar-refractivity contribution in [3.63, 3.8) is 0 Å². The molecule has 0 spiro atoms. The molecule has 0 radical (unpaired) electrons. The van der Waals surface area contributed by atoms with Crippen LogP contribution in [0.2, 0.25) is 0 Å². The van der Waals surface area contributed by atoms with Crippen molar-refractivity contribution in [1.29, 1.82) is 0 Å². The first kappa shape index (κ1) is 22.0. The van der Waals surface area contributed by atoms with Crippen LogP contribution in [0.5, 0.6) is 0 Å². The molecule has 2 aliphatic heterocycles. The zero-order chi connectivity index (χ0) is 21.7. The Morgan fingerprint density at radius 3 is 2.10 bits per heavy atom. The average Bonchev–Trinajstić information content (AvgIpc) is 3.36. The lowest BCUT2D eigenvalue weighted by atomic mass is 10.0. The highest BCUT2D eigenvalue weighted by Crippen LogP contribution is 2.22. The first-order chi connectivity index (χ1) is 15.1. The largest absolute Gasteiger partial charge is 0.341 e. The molecule has 7 heteroatoms. The summed E-state index contributed by atoms with van der Waals surface area (Å²) in [7, 11) is -3.43. The zero-order valence-corrected chi connectivity index (χ0v) is 18.7. The molecule has 2 aromatic rings. The number of piperidine rings is 1. The van der Waals surface area contributed by atoms with Gasteiger partial charge in [0.15, 0.2) is 0 Å². The number of carbonyl (C=O) groups excluding carboxylic acids is 1. The van der Waals surface area contributed by atoms with Crippen LogP contribution in [0.25, 0.3) is 0 Å². The predicted molar refractivity (Wildman–Crippen MR) is 121 cm³/mol. The first-order valence-electron chi connectivity index (χ1n) is 11.2. The molecule has 0 saturated carbocycles. The predicted octanol–water partition coefficient (Wildman–Crippen LogP) is 3.31. The van der Waals surface area contributed by atoms with Crippen LogP contribution >= 0.6 is 0 Å². The van der Waals surface area contributed by atoms with Gasteiger partial charge in [-0.15, -0.1) is 0 Å². The molecule has 1 unspecified atom stereocenters. The topological polar surface area (TPSA) is 69.7 Å². The lowest BCUT2D eigenvalue weighted by Crippen LogP contribution is -2.39. The minimum Gasteiger partial charge on any atom is -0.341 e. The minimum atomic E-state index is -3.43. The van der Waals surface area contributed by atoms with Gasteiger partial charge >= 0.3 is 0 Å². The molecular weight excluding hydrogens is 410 g/mol. The van der Waals surface area contributed by atoms with E-state index < -0.39 is 16.1 Å². The second-order valence-electron chi connectivity index (χ2n) is 8.37. The van der Waals surface area contributed by atoms with Crippen LogP contribution in [0.4, 0.5) is 0 Å². The van der Waals surface area contributed by atoms with Crippen molar-refractivity contribution in [2.45, 2.75) is 49.6 Å². The molecule has 166 valence electrons. The van der Waals surface area contributed by atoms with Gasteiger partial charge in [0.1, 0.15) is 6.04 Å². The summed E-state index contributed by atoms with van der Waals surface area (Å²) in [6.07, 6.45) is 5.05. The molecule has 1 N–H and O–H groups in total. The lowest BCUT2D eigenvalue weighted by molar-refractivity contribution is -0.132. The molecule has 2 saturated heterocycles. The maximum absolute atomic E-state index is 13.1. The second-order valence-corrected chi connectivity index (χ2v) is 10.3. The highest BCUT2D eigenvalue weighted by Gasteiger charge is 2.28. The Morgan fingerprint density at radius 1 is 0.839 bits per heavy atom. The summed E-state index contributed by atoms with van der Waals surface area (Å²) in [6.45, 7) is 3.31. The van der Waals surface area contributed by atoms with E-state index in [-0.39, 0.29) is 5.91 Å². The number of hydrogen-bond acceptors (Lipinski definition) is 4. The molecule has 2 aliphatic rings. The normalized spacial score (nSPS) is 18.8. The lowest BCUT2D eigenvalue weighted by Gasteiger charge is -2.26. The Labute approximate surface area is 185 Å². The van der Waals surface area contributed by atoms with Crippen LogP contribution in [0.3, 0.4) is 0 Å². The number of carbonyl (C=O) groups is 1. The molecule has 0 aliphatic carbocycles. The van der Waals surface area contributed by atoms with Crippen LogP contribution in [0.1, 0.15) is 49.3 Å². The Kier molecular flexibility index (Phi) is 7.05. The number of amides is 1. The Bertz CT molecular complexity index is 965. The number of rotatable bonds is 7. The third kappa shape index (κ3) is 5.17. The summed E-state index contributed by atoms with van der Waals surface area (Å²) in [4.78, 5) is 15.4. The molecule has 1 amide bonds. The standard InChI is InChI=1S/C24H31N3O3S/c28-24(26-15-7-8-16-26)23(21-9-3-1-4-10-21)25-19-20-11-13-22(14-12-20)31(29,30)27-17-5-2-6-18-27/h1,3-4,9-14,23,25H,2,5-8,15-19H2. The third-order valence-corrected chi connectivity index (χ3v) is 8.10. The molecule has 2 fully saturated rings. The number of nitrogens with zero attached hydrogens (tertiary/aromatic N) is 2. The number of sulfonamides is 1. The van der Waals surface area contributed by atoms with Gasteiger partial charge in [0.2, 0.25) is 15.9 Å². The van der Waals surface area contributed by atoms with Crippen LogP contribution in [-0.2, 0) is 21.4 Å². The van der Waals surface area contributed by atoms with Crippen molar-refractivity contribution in [3.05, 3.63) is 65.7 Å². The van der Waals surface area contributed by atoms with Crippen molar-refractivity contribution in [3.8, 4) is 0 Å². The van der Waals surface area contributed by atoms with Crippen molar-refractivity contribution in [1.82, 2.24) is 14.5 Å². The smallest absolute Gasteiger partial charge is 0.244 e. The van der Waals surface area contributed by atoms with Gasteiger partial charge in [-0.3, -0.25) is 10.1 Å². The molecule has 4 rings (SSSR count). The highest BCUT2D eigenvalue weighted by molar-refractivity contribution is 7.89. The fourth-order valence-electron chi connectivity index (χ4n) is 4.37. The molecule has 1 atom stereocenters. The maximum atomic E-state index is 13.1. The van der Waals surface area contributed by atoms with Crippen molar-refractivity contribution < 1.29 is 13.2 Å². The SMILES string of the molecule is O=C(C(NCc1ccc(S(=O)(=O)N2CCCCC2)cc1)c1ccccc1)N1CCCC1. The quantitative estimate of drug-likeness (QED) is 0.716. The first-order valence-corrected chi connectivity index (χ1v) is 12.7. The highest BCUT2D eigenvalue weighted by atomic mass is 32.2. The van der Waals surface area contributed by atoms with E-state index in [0.717, 1.165) is 56.3 Å². The fraction of sp³-hybridized carbons (Fsp3) is 0.458. The number of benzene rings is 2. The fourth-order valence-corrected chi connectivity index (χ4v) is 5.88. The van der Waals surface area contributed by atoms with Gasteiger partial charge in [-0.2, -0.15) is 4.31 Å². The maximum Gasteiger partial charge on any atom is 0.244 e. The van der Waals surface area contributed by atoms with Crippen LogP contribution in [-0.4, -0.2) is 49.7 Å². The van der Waals surface area contributed by atoms with Crippen molar-refractivity contribution in [2.75, 3.05) is 26.2 Å². The van der Waals surface area contributed by atoms with Gasteiger partial charge < -0.3 is 4.90 Å². The molecule has 2 aromatic carbocycles. The van der Waals surface area contributed by atoms with Crippen molar-refractivity contribution >= 4 is 15.9 Å². The third-order valence-electron chi connectivity index (χ3n) is 6.18. The second kappa shape index (κ2) is 9.94. The number of likely N-dealkylation sites (tertiary alicyclic amines) is 1. The summed E-state index contributed by atoms with van der Waals surface area (Å²) < 4.78 is 27.3. The Balaban J connectivity index is 1.45. The summed E-state index contributed by atoms with van der Waals surface area (Å²) in [5.74, 6) is 0.105. The van der Waals surface area contributed by atoms with E-state index in [9.17, 15) is 13.2 Å². The molecule has 0 bridgehead atoms. The van der Waals surface area contributed by atoms with Crippen LogP contribution in [0, 0.1) is 0 Å². The van der Waals surface area contributed by atoms with Gasteiger partial charge in [0, 0.05) is 32.7 Å². The van der Waals surface area contributed by atoms with Crippen LogP contribution < -0.4 is 5.32 Å². The van der Waals surface area contributed by atoms with E-state index in [1.54, 1.807) is 16.4 Å².